The van der Waals surface area contributed by atoms with E-state index in [2.05, 4.69) is 71.1 Å². The first-order valence-electron chi connectivity index (χ1n) is 12.9. The molecule has 6 heteroatoms. The molecule has 2 aromatic rings. The fraction of sp³-hybridized carbons (Fsp3) is 0.571. The minimum Gasteiger partial charge on any atom is -0.490 e. The molecule has 1 fully saturated rings. The van der Waals surface area contributed by atoms with E-state index in [4.69, 9.17) is 9.47 Å². The third-order valence-electron chi connectivity index (χ3n) is 7.39. The molecule has 2 atom stereocenters. The quantitative estimate of drug-likeness (QED) is 0.707. The molecule has 6 nitrogen and oxygen atoms in total. The lowest BCUT2D eigenvalue weighted by atomic mass is 10.00. The van der Waals surface area contributed by atoms with E-state index in [1.165, 1.54) is 16.7 Å². The molecule has 0 saturated carbocycles. The van der Waals surface area contributed by atoms with Crippen LogP contribution in [0.2, 0.25) is 0 Å². The van der Waals surface area contributed by atoms with E-state index in [0.717, 1.165) is 70.0 Å². The molecule has 2 aromatic carbocycles. The second-order valence-electron chi connectivity index (χ2n) is 10.4. The number of aliphatic hydroxyl groups is 1. The molecule has 34 heavy (non-hydrogen) atoms. The number of hydrogen-bond donors (Lipinski definition) is 1. The van der Waals surface area contributed by atoms with Gasteiger partial charge in [-0.15, -0.1) is 0 Å². The lowest BCUT2D eigenvalue weighted by molar-refractivity contribution is 0.0573. The topological polar surface area (TPSA) is 48.4 Å². The van der Waals surface area contributed by atoms with E-state index in [-0.39, 0.29) is 18.3 Å². The first-order chi connectivity index (χ1) is 16.5. The van der Waals surface area contributed by atoms with Crippen molar-refractivity contribution in [1.29, 1.82) is 0 Å². The molecule has 5 rings (SSSR count). The zero-order valence-corrected chi connectivity index (χ0v) is 20.7. The molecule has 3 aliphatic rings. The smallest absolute Gasteiger partial charge is 0.127 e. The van der Waals surface area contributed by atoms with E-state index in [1.54, 1.807) is 0 Å². The van der Waals surface area contributed by atoms with Crippen molar-refractivity contribution >= 4 is 0 Å². The van der Waals surface area contributed by atoms with Crippen LogP contribution in [0.25, 0.3) is 0 Å². The molecular formula is C28H39N3O3. The van der Waals surface area contributed by atoms with Gasteiger partial charge in [0.05, 0.1) is 6.10 Å². The second-order valence-corrected chi connectivity index (χ2v) is 10.4. The van der Waals surface area contributed by atoms with Gasteiger partial charge in [0.25, 0.3) is 0 Å². The van der Waals surface area contributed by atoms with Gasteiger partial charge < -0.3 is 19.5 Å². The van der Waals surface area contributed by atoms with Gasteiger partial charge in [-0.05, 0) is 50.4 Å². The van der Waals surface area contributed by atoms with Crippen LogP contribution in [0.3, 0.4) is 0 Å². The molecule has 1 N–H and O–H groups in total. The highest BCUT2D eigenvalue weighted by Crippen LogP contribution is 2.31. The summed E-state index contributed by atoms with van der Waals surface area (Å²) in [6.45, 7) is 9.17. The molecule has 184 valence electrons. The van der Waals surface area contributed by atoms with Crippen LogP contribution in [0.1, 0.15) is 36.5 Å². The van der Waals surface area contributed by atoms with Crippen LogP contribution in [0.15, 0.2) is 42.5 Å². The summed E-state index contributed by atoms with van der Waals surface area (Å²) in [5, 5.41) is 10.9. The Bertz CT molecular complexity index is 960. The summed E-state index contributed by atoms with van der Waals surface area (Å²) in [4.78, 5) is 7.07. The maximum atomic E-state index is 10.9. The number of piperidine rings is 1. The van der Waals surface area contributed by atoms with Crippen LogP contribution < -0.4 is 9.47 Å². The third-order valence-corrected chi connectivity index (χ3v) is 7.39. The van der Waals surface area contributed by atoms with Crippen molar-refractivity contribution < 1.29 is 14.6 Å². The number of fused-ring (bicyclic) bond motifs is 2. The van der Waals surface area contributed by atoms with Crippen LogP contribution in [-0.4, -0.2) is 84.4 Å². The van der Waals surface area contributed by atoms with E-state index >= 15 is 0 Å². The van der Waals surface area contributed by atoms with Crippen LogP contribution in [0.4, 0.5) is 0 Å². The van der Waals surface area contributed by atoms with Gasteiger partial charge >= 0.3 is 0 Å². The zero-order valence-electron chi connectivity index (χ0n) is 20.7. The number of ether oxygens (including phenoxy) is 2. The Labute approximate surface area is 204 Å². The number of hydrogen-bond acceptors (Lipinski definition) is 6. The van der Waals surface area contributed by atoms with Crippen LogP contribution >= 0.6 is 0 Å². The number of benzene rings is 2. The zero-order chi connectivity index (χ0) is 23.5. The van der Waals surface area contributed by atoms with E-state index in [0.29, 0.717) is 13.1 Å². The normalized spacial score (nSPS) is 23.4. The van der Waals surface area contributed by atoms with E-state index in [1.807, 2.05) is 0 Å². The summed E-state index contributed by atoms with van der Waals surface area (Å²) in [6, 6.07) is 14.9. The summed E-state index contributed by atoms with van der Waals surface area (Å²) in [6.07, 6.45) is 3.16. The predicted octanol–water partition coefficient (Wildman–Crippen LogP) is 3.16. The summed E-state index contributed by atoms with van der Waals surface area (Å²) >= 11 is 0. The van der Waals surface area contributed by atoms with Crippen molar-refractivity contribution in [3.63, 3.8) is 0 Å². The standard InChI is InChI=1S/C28H39N3O3/c1-21-16-31(20-25(32)19-30-14-9-22-5-3-4-6-23(22)17-30)18-24-7-8-27(15-28(24)33-21)34-26-10-12-29(2)13-11-26/h3-8,15,21,25-26,32H,9-14,16-20H2,1-2H3/t21-,25+/m0/s1. The first kappa shape index (κ1) is 23.6. The van der Waals surface area contributed by atoms with Crippen molar-refractivity contribution in [3.8, 4) is 11.5 Å². The average molecular weight is 466 g/mol. The lowest BCUT2D eigenvalue weighted by Gasteiger charge is -2.32. The third kappa shape index (κ3) is 5.92. The van der Waals surface area contributed by atoms with Crippen molar-refractivity contribution in [1.82, 2.24) is 14.7 Å². The van der Waals surface area contributed by atoms with Crippen molar-refractivity contribution in [3.05, 3.63) is 59.2 Å². The van der Waals surface area contributed by atoms with Gasteiger partial charge in [-0.1, -0.05) is 30.3 Å². The van der Waals surface area contributed by atoms with Crippen molar-refractivity contribution in [2.24, 2.45) is 0 Å². The van der Waals surface area contributed by atoms with Gasteiger partial charge in [0.15, 0.2) is 0 Å². The Morgan fingerprint density at radius 2 is 1.71 bits per heavy atom. The fourth-order valence-corrected chi connectivity index (χ4v) is 5.57. The second kappa shape index (κ2) is 10.6. The van der Waals surface area contributed by atoms with Crippen molar-refractivity contribution in [2.75, 3.05) is 46.3 Å². The molecule has 3 aliphatic heterocycles. The average Bonchev–Trinajstić information content (AvgIpc) is 2.97. The number of rotatable bonds is 6. The predicted molar refractivity (Wildman–Crippen MR) is 134 cm³/mol. The number of nitrogens with zero attached hydrogens (tertiary/aromatic N) is 3. The molecule has 0 bridgehead atoms. The Balaban J connectivity index is 1.17. The maximum Gasteiger partial charge on any atom is 0.127 e. The van der Waals surface area contributed by atoms with E-state index < -0.39 is 0 Å². The van der Waals surface area contributed by atoms with E-state index in [9.17, 15) is 5.11 Å². The highest BCUT2D eigenvalue weighted by atomic mass is 16.5. The number of aliphatic hydroxyl groups excluding tert-OH is 1. The van der Waals surface area contributed by atoms with Crippen LogP contribution in [-0.2, 0) is 19.5 Å². The summed E-state index contributed by atoms with van der Waals surface area (Å²) in [5.74, 6) is 1.82. The summed E-state index contributed by atoms with van der Waals surface area (Å²) in [5.41, 5.74) is 4.01. The molecule has 0 radical (unpaired) electrons. The largest absolute Gasteiger partial charge is 0.490 e. The SMILES string of the molecule is C[C@H]1CN(C[C@H](O)CN2CCc3ccccc3C2)Cc2ccc(OC3CCN(C)CC3)cc2O1. The minimum absolute atomic E-state index is 0.0638. The van der Waals surface area contributed by atoms with Gasteiger partial charge in [-0.3, -0.25) is 9.80 Å². The van der Waals surface area contributed by atoms with Crippen LogP contribution in [0, 0.1) is 0 Å². The molecule has 0 aliphatic carbocycles. The molecule has 1 saturated heterocycles. The molecule has 3 heterocycles. The maximum absolute atomic E-state index is 10.9. The number of β-amino-alcohol motifs (C(OH)–C–C–N with tert-alkyl or cyclic N) is 1. The first-order valence-corrected chi connectivity index (χ1v) is 12.9. The minimum atomic E-state index is -0.383. The van der Waals surface area contributed by atoms with Crippen molar-refractivity contribution in [2.45, 2.75) is 57.6 Å². The lowest BCUT2D eigenvalue weighted by Crippen LogP contribution is -2.43. The molecule has 0 unspecified atom stereocenters. The van der Waals surface area contributed by atoms with Crippen LogP contribution in [0.5, 0.6) is 11.5 Å². The van der Waals surface area contributed by atoms with Gasteiger partial charge in [-0.2, -0.15) is 0 Å². The summed E-state index contributed by atoms with van der Waals surface area (Å²) in [7, 11) is 2.17. The van der Waals surface area contributed by atoms with Gasteiger partial charge in [-0.25, -0.2) is 0 Å². The highest BCUT2D eigenvalue weighted by molar-refractivity contribution is 5.41. The van der Waals surface area contributed by atoms with Gasteiger partial charge in [0.1, 0.15) is 23.7 Å². The molecule has 0 spiro atoms. The number of likely N-dealkylation sites (tertiary alicyclic amines) is 1. The van der Waals surface area contributed by atoms with Gasteiger partial charge in [0, 0.05) is 64.0 Å². The Morgan fingerprint density at radius 1 is 0.971 bits per heavy atom. The Hall–Kier alpha value is -2.12. The summed E-state index contributed by atoms with van der Waals surface area (Å²) < 4.78 is 12.6. The fourth-order valence-electron chi connectivity index (χ4n) is 5.57. The Kier molecular flexibility index (Phi) is 7.40. The molecule has 0 aromatic heterocycles. The highest BCUT2D eigenvalue weighted by Gasteiger charge is 2.25. The Morgan fingerprint density at radius 3 is 2.53 bits per heavy atom. The molecular weight excluding hydrogens is 426 g/mol. The molecule has 0 amide bonds. The monoisotopic (exact) mass is 465 g/mol. The van der Waals surface area contributed by atoms with Gasteiger partial charge in [0.2, 0.25) is 0 Å².